The van der Waals surface area contributed by atoms with Gasteiger partial charge in [-0.25, -0.2) is 0 Å². The van der Waals surface area contributed by atoms with Crippen molar-refractivity contribution in [3.8, 4) is 11.5 Å². The molecule has 5 nitrogen and oxygen atoms in total. The second-order valence-electron chi connectivity index (χ2n) is 7.77. The van der Waals surface area contributed by atoms with E-state index < -0.39 is 6.04 Å². The molecule has 5 heteroatoms. The topological polar surface area (TPSA) is 59.0 Å². The summed E-state index contributed by atoms with van der Waals surface area (Å²) in [6, 6.07) is 22.9. The Hall–Kier alpha value is -3.73. The van der Waals surface area contributed by atoms with E-state index in [1.54, 1.807) is 19.1 Å². The van der Waals surface area contributed by atoms with Crippen LogP contribution in [0.1, 0.15) is 35.2 Å². The molecule has 1 atom stereocenters. The SMILES string of the molecule is CCc1ccc([C@@H]2C(c3ccc(OC)cc3)=C(O)C(=O)N2Cc2cccc(OC)c2)cc1. The highest BCUT2D eigenvalue weighted by molar-refractivity contribution is 6.05. The van der Waals surface area contributed by atoms with Gasteiger partial charge < -0.3 is 19.5 Å². The van der Waals surface area contributed by atoms with Gasteiger partial charge in [0.2, 0.25) is 0 Å². The summed E-state index contributed by atoms with van der Waals surface area (Å²) in [4.78, 5) is 15.0. The molecule has 3 aromatic carbocycles. The number of aryl methyl sites for hydroxylation is 1. The summed E-state index contributed by atoms with van der Waals surface area (Å²) in [5, 5.41) is 11.0. The van der Waals surface area contributed by atoms with Crippen LogP contribution in [-0.2, 0) is 17.8 Å². The molecule has 32 heavy (non-hydrogen) atoms. The number of amides is 1. The van der Waals surface area contributed by atoms with Crippen molar-refractivity contribution in [2.75, 3.05) is 14.2 Å². The Balaban J connectivity index is 1.78. The number of rotatable bonds is 7. The summed E-state index contributed by atoms with van der Waals surface area (Å²) >= 11 is 0. The number of hydrogen-bond donors (Lipinski definition) is 1. The first-order valence-corrected chi connectivity index (χ1v) is 10.7. The minimum atomic E-state index is -0.409. The lowest BCUT2D eigenvalue weighted by molar-refractivity contribution is -0.130. The van der Waals surface area contributed by atoms with E-state index in [1.165, 1.54) is 5.56 Å². The zero-order valence-corrected chi connectivity index (χ0v) is 18.5. The van der Waals surface area contributed by atoms with E-state index in [2.05, 4.69) is 19.1 Å². The highest BCUT2D eigenvalue weighted by Gasteiger charge is 2.41. The van der Waals surface area contributed by atoms with Gasteiger partial charge in [-0.3, -0.25) is 4.79 Å². The molecule has 0 fully saturated rings. The molecular weight excluding hydrogens is 402 g/mol. The molecule has 0 saturated carbocycles. The molecule has 1 N–H and O–H groups in total. The molecule has 0 radical (unpaired) electrons. The van der Waals surface area contributed by atoms with Gasteiger partial charge in [0.15, 0.2) is 5.76 Å². The Bertz CT molecular complexity index is 1130. The molecule has 0 bridgehead atoms. The van der Waals surface area contributed by atoms with E-state index >= 15 is 0 Å². The molecule has 1 aliphatic heterocycles. The van der Waals surface area contributed by atoms with E-state index in [0.717, 1.165) is 34.6 Å². The van der Waals surface area contributed by atoms with Crippen LogP contribution in [-0.4, -0.2) is 30.1 Å². The normalized spacial score (nSPS) is 15.9. The number of benzene rings is 3. The minimum absolute atomic E-state index is 0.220. The fourth-order valence-corrected chi connectivity index (χ4v) is 4.13. The van der Waals surface area contributed by atoms with Crippen molar-refractivity contribution in [3.05, 3.63) is 101 Å². The third-order valence-electron chi connectivity index (χ3n) is 5.90. The first kappa shape index (κ1) is 21.5. The van der Waals surface area contributed by atoms with E-state index in [-0.39, 0.29) is 11.7 Å². The van der Waals surface area contributed by atoms with Gasteiger partial charge in [0.05, 0.1) is 20.3 Å². The third kappa shape index (κ3) is 4.06. The molecule has 1 heterocycles. The van der Waals surface area contributed by atoms with Gasteiger partial charge in [-0.15, -0.1) is 0 Å². The average molecular weight is 430 g/mol. The Morgan fingerprint density at radius 2 is 1.56 bits per heavy atom. The summed E-state index contributed by atoms with van der Waals surface area (Å²) in [6.07, 6.45) is 0.934. The van der Waals surface area contributed by atoms with Crippen molar-refractivity contribution in [3.63, 3.8) is 0 Å². The number of aliphatic hydroxyl groups excluding tert-OH is 1. The van der Waals surface area contributed by atoms with Gasteiger partial charge in [0, 0.05) is 12.1 Å². The Morgan fingerprint density at radius 3 is 2.19 bits per heavy atom. The number of nitrogens with zero attached hydrogens (tertiary/aromatic N) is 1. The second kappa shape index (κ2) is 9.18. The minimum Gasteiger partial charge on any atom is -0.503 e. The van der Waals surface area contributed by atoms with Crippen LogP contribution in [0.3, 0.4) is 0 Å². The highest BCUT2D eigenvalue weighted by atomic mass is 16.5. The average Bonchev–Trinajstić information content (AvgIpc) is 3.09. The van der Waals surface area contributed by atoms with Crippen LogP contribution in [0.5, 0.6) is 11.5 Å². The first-order chi connectivity index (χ1) is 15.5. The third-order valence-corrected chi connectivity index (χ3v) is 5.90. The highest BCUT2D eigenvalue weighted by Crippen LogP contribution is 2.44. The maximum atomic E-state index is 13.2. The summed E-state index contributed by atoms with van der Waals surface area (Å²) in [5.41, 5.74) is 4.49. The Labute approximate surface area is 188 Å². The van der Waals surface area contributed by atoms with Crippen LogP contribution in [0.15, 0.2) is 78.6 Å². The van der Waals surface area contributed by atoms with Crippen LogP contribution < -0.4 is 9.47 Å². The van der Waals surface area contributed by atoms with E-state index in [0.29, 0.717) is 12.1 Å². The summed E-state index contributed by atoms with van der Waals surface area (Å²) in [5.74, 6) is 0.839. The van der Waals surface area contributed by atoms with Gasteiger partial charge >= 0.3 is 0 Å². The smallest absolute Gasteiger partial charge is 0.290 e. The number of methoxy groups -OCH3 is 2. The summed E-state index contributed by atoms with van der Waals surface area (Å²) in [6.45, 7) is 2.46. The largest absolute Gasteiger partial charge is 0.503 e. The van der Waals surface area contributed by atoms with E-state index in [4.69, 9.17) is 9.47 Å². The molecule has 1 aliphatic rings. The van der Waals surface area contributed by atoms with Crippen molar-refractivity contribution in [2.24, 2.45) is 0 Å². The van der Waals surface area contributed by atoms with Crippen LogP contribution >= 0.6 is 0 Å². The first-order valence-electron chi connectivity index (χ1n) is 10.7. The second-order valence-corrected chi connectivity index (χ2v) is 7.77. The van der Waals surface area contributed by atoms with Crippen LogP contribution in [0, 0.1) is 0 Å². The molecule has 0 spiro atoms. The van der Waals surface area contributed by atoms with Crippen LogP contribution in [0.4, 0.5) is 0 Å². The maximum Gasteiger partial charge on any atom is 0.290 e. The maximum absolute atomic E-state index is 13.2. The van der Waals surface area contributed by atoms with E-state index in [1.807, 2.05) is 60.7 Å². The van der Waals surface area contributed by atoms with Gasteiger partial charge in [-0.05, 0) is 52.9 Å². The molecule has 0 aromatic heterocycles. The van der Waals surface area contributed by atoms with Gasteiger partial charge in [-0.1, -0.05) is 55.5 Å². The predicted molar refractivity (Wildman–Crippen MR) is 125 cm³/mol. The van der Waals surface area contributed by atoms with Crippen molar-refractivity contribution in [1.29, 1.82) is 0 Å². The Kier molecular flexibility index (Phi) is 6.17. The molecule has 3 aromatic rings. The molecule has 0 aliphatic carbocycles. The number of ether oxygens (including phenoxy) is 2. The monoisotopic (exact) mass is 429 g/mol. The lowest BCUT2D eigenvalue weighted by Gasteiger charge is -2.28. The molecule has 0 unspecified atom stereocenters. The van der Waals surface area contributed by atoms with Crippen molar-refractivity contribution in [1.82, 2.24) is 4.90 Å². The van der Waals surface area contributed by atoms with Crippen molar-refractivity contribution < 1.29 is 19.4 Å². The zero-order chi connectivity index (χ0) is 22.7. The van der Waals surface area contributed by atoms with Gasteiger partial charge in [-0.2, -0.15) is 0 Å². The van der Waals surface area contributed by atoms with Crippen molar-refractivity contribution in [2.45, 2.75) is 25.9 Å². The summed E-state index contributed by atoms with van der Waals surface area (Å²) in [7, 11) is 3.23. The molecule has 1 amide bonds. The van der Waals surface area contributed by atoms with Crippen molar-refractivity contribution >= 4 is 11.5 Å². The molecular formula is C27H27NO4. The standard InChI is InChI=1S/C27H27NO4/c1-4-18-8-10-21(11-9-18)25-24(20-12-14-22(31-2)15-13-20)26(29)27(30)28(25)17-19-6-5-7-23(16-19)32-3/h5-16,25,29H,4,17H2,1-3H3/t25-/m1/s1. The van der Waals surface area contributed by atoms with E-state index in [9.17, 15) is 9.90 Å². The number of aliphatic hydroxyl groups is 1. The zero-order valence-electron chi connectivity index (χ0n) is 18.5. The predicted octanol–water partition coefficient (Wildman–Crippen LogP) is 5.32. The number of carbonyl (C=O) groups is 1. The quantitative estimate of drug-likeness (QED) is 0.552. The van der Waals surface area contributed by atoms with Gasteiger partial charge in [0.1, 0.15) is 11.5 Å². The number of carbonyl (C=O) groups excluding carboxylic acids is 1. The lowest BCUT2D eigenvalue weighted by atomic mass is 9.92. The number of hydrogen-bond acceptors (Lipinski definition) is 4. The fourth-order valence-electron chi connectivity index (χ4n) is 4.13. The molecule has 4 rings (SSSR count). The van der Waals surface area contributed by atoms with Crippen LogP contribution in [0.25, 0.3) is 5.57 Å². The molecule has 0 saturated heterocycles. The van der Waals surface area contributed by atoms with Gasteiger partial charge in [0.25, 0.3) is 5.91 Å². The Morgan fingerprint density at radius 1 is 0.875 bits per heavy atom. The molecule has 164 valence electrons. The summed E-state index contributed by atoms with van der Waals surface area (Å²) < 4.78 is 10.6. The fraction of sp³-hybridized carbons (Fsp3) is 0.222. The van der Waals surface area contributed by atoms with Crippen LogP contribution in [0.2, 0.25) is 0 Å². The lowest BCUT2D eigenvalue weighted by Crippen LogP contribution is -2.29.